The van der Waals surface area contributed by atoms with Crippen LogP contribution in [0.3, 0.4) is 0 Å². The van der Waals surface area contributed by atoms with E-state index >= 15 is 0 Å². The Balaban J connectivity index is 1.71. The third-order valence-electron chi connectivity index (χ3n) is 3.86. The van der Waals surface area contributed by atoms with E-state index in [1.54, 1.807) is 24.3 Å². The number of aromatic nitrogens is 2. The molecule has 1 N–H and O–H groups in total. The first-order valence-electron chi connectivity index (χ1n) is 8.18. The van der Waals surface area contributed by atoms with E-state index in [0.29, 0.717) is 17.3 Å². The number of nitrogens with zero attached hydrogens (tertiary/aromatic N) is 2. The SMILES string of the molecule is CCCc1nc2ccccc2n1C[C@@H](O)COc1ccc(Cl)cc1. The summed E-state index contributed by atoms with van der Waals surface area (Å²) in [5.74, 6) is 1.70. The Morgan fingerprint density at radius 1 is 1.17 bits per heavy atom. The zero-order valence-electron chi connectivity index (χ0n) is 13.7. The molecule has 0 spiro atoms. The maximum atomic E-state index is 10.4. The van der Waals surface area contributed by atoms with Gasteiger partial charge < -0.3 is 14.4 Å². The number of aliphatic hydroxyl groups excluding tert-OH is 1. The van der Waals surface area contributed by atoms with Crippen LogP contribution in [0.25, 0.3) is 11.0 Å². The lowest BCUT2D eigenvalue weighted by Gasteiger charge is -2.15. The van der Waals surface area contributed by atoms with Crippen molar-refractivity contribution in [3.63, 3.8) is 0 Å². The molecule has 0 saturated carbocycles. The van der Waals surface area contributed by atoms with Crippen LogP contribution in [-0.4, -0.2) is 27.4 Å². The van der Waals surface area contributed by atoms with Crippen molar-refractivity contribution in [2.45, 2.75) is 32.4 Å². The smallest absolute Gasteiger partial charge is 0.119 e. The molecule has 3 rings (SSSR count). The molecule has 0 amide bonds. The van der Waals surface area contributed by atoms with Crippen LogP contribution < -0.4 is 4.74 Å². The van der Waals surface area contributed by atoms with Crippen LogP contribution in [0, 0.1) is 0 Å². The topological polar surface area (TPSA) is 47.3 Å². The highest BCUT2D eigenvalue weighted by molar-refractivity contribution is 6.30. The number of aliphatic hydroxyl groups is 1. The molecule has 1 heterocycles. The molecule has 1 aromatic heterocycles. The quantitative estimate of drug-likeness (QED) is 0.702. The van der Waals surface area contributed by atoms with Crippen molar-refractivity contribution in [1.29, 1.82) is 0 Å². The highest BCUT2D eigenvalue weighted by Crippen LogP contribution is 2.19. The summed E-state index contributed by atoms with van der Waals surface area (Å²) in [4.78, 5) is 4.68. The molecule has 3 aromatic rings. The Morgan fingerprint density at radius 2 is 1.92 bits per heavy atom. The van der Waals surface area contributed by atoms with Gasteiger partial charge in [0.1, 0.15) is 24.3 Å². The van der Waals surface area contributed by atoms with Gasteiger partial charge in [-0.3, -0.25) is 0 Å². The fourth-order valence-electron chi connectivity index (χ4n) is 2.73. The molecule has 4 nitrogen and oxygen atoms in total. The highest BCUT2D eigenvalue weighted by atomic mass is 35.5. The first-order chi connectivity index (χ1) is 11.7. The van der Waals surface area contributed by atoms with Crippen LogP contribution >= 0.6 is 11.6 Å². The van der Waals surface area contributed by atoms with Gasteiger partial charge in [-0.25, -0.2) is 4.98 Å². The van der Waals surface area contributed by atoms with E-state index in [-0.39, 0.29) is 6.61 Å². The second-order valence-corrected chi connectivity index (χ2v) is 6.23. The van der Waals surface area contributed by atoms with Crippen LogP contribution in [0.15, 0.2) is 48.5 Å². The average Bonchev–Trinajstić information content (AvgIpc) is 2.92. The predicted molar refractivity (Wildman–Crippen MR) is 96.7 cm³/mol. The standard InChI is InChI=1S/C19H21ClN2O2/c1-2-5-19-21-17-6-3-4-7-18(17)22(19)12-15(23)13-24-16-10-8-14(20)9-11-16/h3-4,6-11,15,23H,2,5,12-13H2,1H3/t15-/m1/s1. The number of fused-ring (bicyclic) bond motifs is 1. The van der Waals surface area contributed by atoms with Gasteiger partial charge in [-0.15, -0.1) is 0 Å². The van der Waals surface area contributed by atoms with Crippen molar-refractivity contribution < 1.29 is 9.84 Å². The zero-order chi connectivity index (χ0) is 16.9. The third kappa shape index (κ3) is 3.89. The van der Waals surface area contributed by atoms with E-state index in [4.69, 9.17) is 16.3 Å². The predicted octanol–water partition coefficient (Wildman–Crippen LogP) is 4.08. The lowest BCUT2D eigenvalue weighted by atomic mass is 10.3. The molecule has 0 aliphatic heterocycles. The number of hydrogen-bond donors (Lipinski definition) is 1. The van der Waals surface area contributed by atoms with E-state index in [9.17, 15) is 5.11 Å². The number of ether oxygens (including phenoxy) is 1. The van der Waals surface area contributed by atoms with E-state index < -0.39 is 6.10 Å². The molecule has 0 bridgehead atoms. The van der Waals surface area contributed by atoms with E-state index in [0.717, 1.165) is 29.7 Å². The summed E-state index contributed by atoms with van der Waals surface area (Å²) in [6.07, 6.45) is 1.29. The second kappa shape index (κ2) is 7.69. The number of rotatable bonds is 7. The normalized spacial score (nSPS) is 12.5. The van der Waals surface area contributed by atoms with Crippen molar-refractivity contribution in [1.82, 2.24) is 9.55 Å². The number of hydrogen-bond acceptors (Lipinski definition) is 3. The Labute approximate surface area is 146 Å². The fourth-order valence-corrected chi connectivity index (χ4v) is 2.86. The van der Waals surface area contributed by atoms with Gasteiger partial charge >= 0.3 is 0 Å². The largest absolute Gasteiger partial charge is 0.491 e. The summed E-state index contributed by atoms with van der Waals surface area (Å²) in [6, 6.07) is 15.1. The van der Waals surface area contributed by atoms with Crippen molar-refractivity contribution >= 4 is 22.6 Å². The van der Waals surface area contributed by atoms with E-state index in [1.165, 1.54) is 0 Å². The van der Waals surface area contributed by atoms with Crippen LogP contribution in [0.4, 0.5) is 0 Å². The van der Waals surface area contributed by atoms with Crippen LogP contribution in [-0.2, 0) is 13.0 Å². The molecule has 5 heteroatoms. The average molecular weight is 345 g/mol. The summed E-state index contributed by atoms with van der Waals surface area (Å²) < 4.78 is 7.73. The van der Waals surface area contributed by atoms with Gasteiger partial charge in [0, 0.05) is 11.4 Å². The van der Waals surface area contributed by atoms with Gasteiger partial charge in [0.15, 0.2) is 0 Å². The summed E-state index contributed by atoms with van der Waals surface area (Å²) >= 11 is 5.86. The van der Waals surface area contributed by atoms with Crippen molar-refractivity contribution in [3.8, 4) is 5.75 Å². The van der Waals surface area contributed by atoms with Gasteiger partial charge in [-0.05, 0) is 42.8 Å². The first-order valence-corrected chi connectivity index (χ1v) is 8.55. The lowest BCUT2D eigenvalue weighted by Crippen LogP contribution is -2.24. The molecule has 0 fully saturated rings. The van der Waals surface area contributed by atoms with Gasteiger partial charge in [-0.1, -0.05) is 30.7 Å². The van der Waals surface area contributed by atoms with Gasteiger partial charge in [0.25, 0.3) is 0 Å². The molecule has 0 saturated heterocycles. The molecular formula is C19H21ClN2O2. The van der Waals surface area contributed by atoms with Crippen molar-refractivity contribution in [2.24, 2.45) is 0 Å². The highest BCUT2D eigenvalue weighted by Gasteiger charge is 2.14. The van der Waals surface area contributed by atoms with Gasteiger partial charge in [0.05, 0.1) is 17.6 Å². The molecule has 0 radical (unpaired) electrons. The van der Waals surface area contributed by atoms with E-state index in [1.807, 2.05) is 24.3 Å². The number of halogens is 1. The molecule has 0 unspecified atom stereocenters. The maximum absolute atomic E-state index is 10.4. The Bertz CT molecular complexity index is 799. The fraction of sp³-hybridized carbons (Fsp3) is 0.316. The minimum Gasteiger partial charge on any atom is -0.491 e. The Hall–Kier alpha value is -2.04. The molecule has 1 atom stereocenters. The minimum absolute atomic E-state index is 0.222. The maximum Gasteiger partial charge on any atom is 0.119 e. The van der Waals surface area contributed by atoms with Crippen LogP contribution in [0.2, 0.25) is 5.02 Å². The number of benzene rings is 2. The number of para-hydroxylation sites is 2. The van der Waals surface area contributed by atoms with Gasteiger partial charge in [0.2, 0.25) is 0 Å². The second-order valence-electron chi connectivity index (χ2n) is 5.80. The molecule has 0 aliphatic rings. The van der Waals surface area contributed by atoms with Crippen LogP contribution in [0.5, 0.6) is 5.75 Å². The number of aryl methyl sites for hydroxylation is 1. The summed E-state index contributed by atoms with van der Waals surface area (Å²) in [5.41, 5.74) is 2.01. The minimum atomic E-state index is -0.617. The molecule has 2 aromatic carbocycles. The van der Waals surface area contributed by atoms with Crippen LogP contribution in [0.1, 0.15) is 19.2 Å². The third-order valence-corrected chi connectivity index (χ3v) is 4.11. The summed E-state index contributed by atoms with van der Waals surface area (Å²) in [6.45, 7) is 2.81. The summed E-state index contributed by atoms with van der Waals surface area (Å²) in [5, 5.41) is 11.1. The Morgan fingerprint density at radius 3 is 2.67 bits per heavy atom. The van der Waals surface area contributed by atoms with Crippen molar-refractivity contribution in [3.05, 3.63) is 59.4 Å². The zero-order valence-corrected chi connectivity index (χ0v) is 14.4. The molecule has 24 heavy (non-hydrogen) atoms. The Kier molecular flexibility index (Phi) is 5.38. The first kappa shape index (κ1) is 16.8. The van der Waals surface area contributed by atoms with Crippen molar-refractivity contribution in [2.75, 3.05) is 6.61 Å². The monoisotopic (exact) mass is 344 g/mol. The van der Waals surface area contributed by atoms with E-state index in [2.05, 4.69) is 16.5 Å². The van der Waals surface area contributed by atoms with Gasteiger partial charge in [-0.2, -0.15) is 0 Å². The molecule has 126 valence electrons. The molecular weight excluding hydrogens is 324 g/mol. The summed E-state index contributed by atoms with van der Waals surface area (Å²) in [7, 11) is 0. The lowest BCUT2D eigenvalue weighted by molar-refractivity contribution is 0.0927. The molecule has 0 aliphatic carbocycles. The number of imidazole rings is 1.